The van der Waals surface area contributed by atoms with E-state index in [1.807, 2.05) is 0 Å². The number of hydrogen-bond acceptors (Lipinski definition) is 0. The predicted molar refractivity (Wildman–Crippen MR) is 126 cm³/mol. The summed E-state index contributed by atoms with van der Waals surface area (Å²) in [6, 6.07) is 34.0. The molecule has 2 aliphatic carbocycles. The molecule has 0 bridgehead atoms. The van der Waals surface area contributed by atoms with Crippen LogP contribution in [0.3, 0.4) is 0 Å². The van der Waals surface area contributed by atoms with Gasteiger partial charge in [0.2, 0.25) is 0 Å². The van der Waals surface area contributed by atoms with Crippen LogP contribution in [0.2, 0.25) is 3.21 Å². The Kier molecular flexibility index (Phi) is 5.72. The number of rotatable bonds is 5. The zero-order valence-electron chi connectivity index (χ0n) is 16.8. The molecule has 2 aliphatic rings. The second-order valence-electron chi connectivity index (χ2n) is 8.55. The van der Waals surface area contributed by atoms with Crippen molar-refractivity contribution in [2.45, 2.75) is 47.7 Å². The van der Waals surface area contributed by atoms with Crippen molar-refractivity contribution in [3.05, 3.63) is 96.6 Å². The van der Waals surface area contributed by atoms with Gasteiger partial charge in [0.15, 0.2) is 0 Å². The topological polar surface area (TPSA) is 0 Å². The zero-order chi connectivity index (χ0) is 19.6. The molecule has 1 spiro atoms. The Bertz CT molecular complexity index is 871. The van der Waals surface area contributed by atoms with Crippen molar-refractivity contribution in [1.29, 1.82) is 0 Å². The number of benzene rings is 3. The third-order valence-corrected chi connectivity index (χ3v) is 15.0. The molecule has 0 nitrogen and oxygen atoms in total. The van der Waals surface area contributed by atoms with E-state index in [2.05, 4.69) is 91.0 Å². The Morgan fingerprint density at radius 3 is 1.48 bits per heavy atom. The second kappa shape index (κ2) is 8.44. The monoisotopic (exact) mass is 512 g/mol. The van der Waals surface area contributed by atoms with Crippen LogP contribution in [0.15, 0.2) is 91.0 Å². The Labute approximate surface area is 187 Å². The molecule has 0 heterocycles. The van der Waals surface area contributed by atoms with E-state index in [9.17, 15) is 0 Å². The molecule has 0 N–H and O–H groups in total. The maximum absolute atomic E-state index is 2.38. The fourth-order valence-electron chi connectivity index (χ4n) is 5.24. The van der Waals surface area contributed by atoms with Crippen LogP contribution in [0.4, 0.5) is 0 Å². The average molecular weight is 510 g/mol. The van der Waals surface area contributed by atoms with Crippen LogP contribution in [0.25, 0.3) is 0 Å². The minimum absolute atomic E-state index is 0.553. The van der Waals surface area contributed by atoms with Gasteiger partial charge in [-0.1, -0.05) is 0 Å². The van der Waals surface area contributed by atoms with Gasteiger partial charge in [0.25, 0.3) is 0 Å². The van der Waals surface area contributed by atoms with Crippen LogP contribution in [-0.4, -0.2) is 29.9 Å². The minimum atomic E-state index is 0.553. The molecular weight excluding hydrogens is 482 g/mol. The van der Waals surface area contributed by atoms with Gasteiger partial charge >= 0.3 is 188 Å². The van der Waals surface area contributed by atoms with E-state index in [-0.39, 0.29) is 0 Å². The van der Waals surface area contributed by atoms with Crippen molar-refractivity contribution in [2.75, 3.05) is 0 Å². The van der Waals surface area contributed by atoms with Crippen LogP contribution < -0.4 is 8.92 Å². The average Bonchev–Trinajstić information content (AvgIpc) is 2.80. The molecule has 2 saturated carbocycles. The second-order valence-corrected chi connectivity index (χ2v) is 15.6. The molecule has 3 aromatic rings. The Hall–Kier alpha value is -1.30. The maximum atomic E-state index is 2.38. The van der Waals surface area contributed by atoms with E-state index >= 15 is 0 Å². The molecule has 0 atom stereocenters. The first-order valence-corrected chi connectivity index (χ1v) is 14.2. The first-order chi connectivity index (χ1) is 14.3. The van der Waals surface area contributed by atoms with Gasteiger partial charge in [0, 0.05) is 0 Å². The predicted octanol–water partition coefficient (Wildman–Crippen LogP) is 5.30. The first-order valence-electron chi connectivity index (χ1n) is 10.8. The summed E-state index contributed by atoms with van der Waals surface area (Å²) in [7, 11) is 0. The van der Waals surface area contributed by atoms with Crippen molar-refractivity contribution in [1.82, 2.24) is 0 Å². The Morgan fingerprint density at radius 1 is 0.552 bits per heavy atom. The van der Waals surface area contributed by atoms with Gasteiger partial charge in [-0.25, -0.2) is 0 Å². The fourth-order valence-corrected chi connectivity index (χ4v) is 13.8. The molecule has 3 aromatic carbocycles. The molecule has 0 saturated heterocycles. The van der Waals surface area contributed by atoms with Crippen molar-refractivity contribution in [2.24, 2.45) is 5.41 Å². The van der Waals surface area contributed by atoms with Gasteiger partial charge in [0.05, 0.1) is 0 Å². The van der Waals surface area contributed by atoms with Gasteiger partial charge in [-0.15, -0.1) is 0 Å². The van der Waals surface area contributed by atoms with Crippen LogP contribution in [0, 0.1) is 5.41 Å². The van der Waals surface area contributed by atoms with Gasteiger partial charge in [-0.2, -0.15) is 0 Å². The van der Waals surface area contributed by atoms with E-state index in [1.54, 1.807) is 14.5 Å². The zero-order valence-corrected chi connectivity index (χ0v) is 20.2. The molecule has 0 unspecified atom stereocenters. The molecule has 29 heavy (non-hydrogen) atoms. The summed E-state index contributed by atoms with van der Waals surface area (Å²) in [5, 5.41) is 0. The quantitative estimate of drug-likeness (QED) is 0.409. The van der Waals surface area contributed by atoms with Crippen molar-refractivity contribution in [3.63, 3.8) is 0 Å². The van der Waals surface area contributed by atoms with E-state index in [1.165, 1.54) is 38.5 Å². The molecule has 148 valence electrons. The Morgan fingerprint density at radius 2 is 1.03 bits per heavy atom. The van der Waals surface area contributed by atoms with Gasteiger partial charge in [0.1, 0.15) is 0 Å². The van der Waals surface area contributed by atoms with Crippen LogP contribution >= 0.6 is 0 Å². The summed E-state index contributed by atoms with van der Waals surface area (Å²) in [5.74, 6) is 0.772. The molecule has 5 rings (SSSR count). The standard InChI is InChI=1S/C27H28Se2/c1-4-10-22(11-5-1)23-16-18-26(19-17-23)20-21-27(26,28-24-12-6-2-7-13-24)29-25-14-8-3-9-15-25/h1-15,23H,16-21H2. The summed E-state index contributed by atoms with van der Waals surface area (Å²) in [6.45, 7) is 0. The van der Waals surface area contributed by atoms with Crippen LogP contribution in [-0.2, 0) is 0 Å². The summed E-state index contributed by atoms with van der Waals surface area (Å²) in [4.78, 5) is 0. The van der Waals surface area contributed by atoms with Gasteiger partial charge in [-0.05, 0) is 0 Å². The molecule has 0 aromatic heterocycles. The molecule has 0 radical (unpaired) electrons. The normalized spacial score (nSPS) is 25.4. The molecule has 0 amide bonds. The molecule has 2 fully saturated rings. The van der Waals surface area contributed by atoms with E-state index in [4.69, 9.17) is 0 Å². The summed E-state index contributed by atoms with van der Waals surface area (Å²) in [5.41, 5.74) is 2.15. The first kappa shape index (κ1) is 19.6. The van der Waals surface area contributed by atoms with Crippen molar-refractivity contribution >= 4 is 38.8 Å². The van der Waals surface area contributed by atoms with Gasteiger partial charge < -0.3 is 0 Å². The molecule has 0 aliphatic heterocycles. The van der Waals surface area contributed by atoms with Crippen LogP contribution in [0.5, 0.6) is 0 Å². The summed E-state index contributed by atoms with van der Waals surface area (Å²) in [6.07, 6.45) is 8.50. The Balaban J connectivity index is 1.41. The fraction of sp³-hybridized carbons (Fsp3) is 0.333. The summed E-state index contributed by atoms with van der Waals surface area (Å²) >= 11 is 1.11. The molecular formula is C27H28Se2. The van der Waals surface area contributed by atoms with E-state index in [0.29, 0.717) is 38.5 Å². The molecule has 2 heteroatoms. The van der Waals surface area contributed by atoms with Crippen molar-refractivity contribution < 1.29 is 0 Å². The third-order valence-electron chi connectivity index (χ3n) is 7.01. The van der Waals surface area contributed by atoms with E-state index < -0.39 is 0 Å². The van der Waals surface area contributed by atoms with Crippen LogP contribution in [0.1, 0.15) is 50.0 Å². The van der Waals surface area contributed by atoms with Crippen molar-refractivity contribution in [3.8, 4) is 0 Å². The number of hydrogen-bond donors (Lipinski definition) is 0. The van der Waals surface area contributed by atoms with Gasteiger partial charge in [-0.3, -0.25) is 0 Å². The third kappa shape index (κ3) is 3.89. The summed E-state index contributed by atoms with van der Waals surface area (Å²) < 4.78 is 3.75. The van der Waals surface area contributed by atoms with E-state index in [0.717, 1.165) is 5.92 Å². The SMILES string of the molecule is c1ccc([Se]C2([Se]c3ccccc3)CCC23CCC(c2ccccc2)CC3)cc1.